The number of thiazole rings is 1. The molecule has 0 bridgehead atoms. The molecule has 0 unspecified atom stereocenters. The Balaban J connectivity index is 0.000000146. The molecule has 0 radical (unpaired) electrons. The average Bonchev–Trinajstić information content (AvgIpc) is 2.71. The third kappa shape index (κ3) is 3.91. The van der Waals surface area contributed by atoms with Crippen LogP contribution in [-0.4, -0.2) is 12.1 Å². The topological polar surface area (TPSA) is 48.1 Å². The molecule has 2 aromatic rings. The van der Waals surface area contributed by atoms with Gasteiger partial charge < -0.3 is 10.5 Å². The summed E-state index contributed by atoms with van der Waals surface area (Å²) in [6.45, 7) is 0. The minimum atomic E-state index is 0.634. The van der Waals surface area contributed by atoms with Crippen LogP contribution in [0.4, 0.5) is 5.13 Å². The normalized spacial score (nSPS) is 8.64. The summed E-state index contributed by atoms with van der Waals surface area (Å²) >= 11 is 1.44. The number of hydrogen-bond acceptors (Lipinski definition) is 4. The monoisotopic (exact) mass is 208 g/mol. The van der Waals surface area contributed by atoms with Gasteiger partial charge in [-0.1, -0.05) is 18.2 Å². The maximum atomic E-state index is 5.19. The van der Waals surface area contributed by atoms with Crippen molar-refractivity contribution in [2.24, 2.45) is 0 Å². The summed E-state index contributed by atoms with van der Waals surface area (Å²) in [5.41, 5.74) is 5.19. The van der Waals surface area contributed by atoms with E-state index in [0.717, 1.165) is 5.75 Å². The number of ether oxygens (including phenoxy) is 1. The minimum absolute atomic E-state index is 0.634. The van der Waals surface area contributed by atoms with Crippen molar-refractivity contribution in [3.05, 3.63) is 41.9 Å². The van der Waals surface area contributed by atoms with Crippen molar-refractivity contribution in [3.8, 4) is 5.75 Å². The summed E-state index contributed by atoms with van der Waals surface area (Å²) in [4.78, 5) is 3.71. The van der Waals surface area contributed by atoms with Crippen molar-refractivity contribution in [3.63, 3.8) is 0 Å². The van der Waals surface area contributed by atoms with Gasteiger partial charge in [-0.25, -0.2) is 4.98 Å². The van der Waals surface area contributed by atoms with E-state index in [4.69, 9.17) is 10.5 Å². The second kappa shape index (κ2) is 5.99. The van der Waals surface area contributed by atoms with E-state index in [0.29, 0.717) is 5.13 Å². The maximum Gasteiger partial charge on any atom is 0.179 e. The quantitative estimate of drug-likeness (QED) is 0.783. The molecule has 1 heterocycles. The number of anilines is 1. The summed E-state index contributed by atoms with van der Waals surface area (Å²) in [6, 6.07) is 9.68. The number of nitrogen functional groups attached to an aromatic ring is 1. The van der Waals surface area contributed by atoms with E-state index in [2.05, 4.69) is 4.98 Å². The molecule has 14 heavy (non-hydrogen) atoms. The van der Waals surface area contributed by atoms with E-state index in [1.807, 2.05) is 35.7 Å². The van der Waals surface area contributed by atoms with Crippen molar-refractivity contribution in [1.29, 1.82) is 0 Å². The number of aromatic nitrogens is 1. The van der Waals surface area contributed by atoms with E-state index in [1.54, 1.807) is 13.3 Å². The lowest BCUT2D eigenvalue weighted by atomic mass is 10.3. The highest BCUT2D eigenvalue weighted by Gasteiger charge is 1.80. The van der Waals surface area contributed by atoms with Crippen LogP contribution in [0, 0.1) is 0 Å². The zero-order valence-corrected chi connectivity index (χ0v) is 8.70. The molecule has 2 N–H and O–H groups in total. The van der Waals surface area contributed by atoms with Gasteiger partial charge in [0.15, 0.2) is 5.13 Å². The number of para-hydroxylation sites is 1. The summed E-state index contributed by atoms with van der Waals surface area (Å²) in [6.07, 6.45) is 1.68. The number of nitrogens with two attached hydrogens (primary N) is 1. The van der Waals surface area contributed by atoms with E-state index in [1.165, 1.54) is 11.3 Å². The van der Waals surface area contributed by atoms with Gasteiger partial charge in [0.05, 0.1) is 7.11 Å². The van der Waals surface area contributed by atoms with Crippen LogP contribution in [0.2, 0.25) is 0 Å². The Morgan fingerprint density at radius 3 is 2.29 bits per heavy atom. The Hall–Kier alpha value is -1.55. The van der Waals surface area contributed by atoms with Crippen LogP contribution in [0.25, 0.3) is 0 Å². The lowest BCUT2D eigenvalue weighted by molar-refractivity contribution is 0.415. The lowest BCUT2D eigenvalue weighted by Crippen LogP contribution is -1.78. The Labute approximate surface area is 87.2 Å². The molecule has 0 fully saturated rings. The molecule has 0 aliphatic carbocycles. The summed E-state index contributed by atoms with van der Waals surface area (Å²) in [7, 11) is 1.66. The molecular formula is C10H12N2OS. The van der Waals surface area contributed by atoms with Crippen LogP contribution in [0.5, 0.6) is 5.75 Å². The molecule has 0 aliphatic rings. The molecule has 2 rings (SSSR count). The van der Waals surface area contributed by atoms with Crippen LogP contribution in [0.15, 0.2) is 41.9 Å². The summed E-state index contributed by atoms with van der Waals surface area (Å²) in [5.74, 6) is 0.910. The second-order valence-corrected chi connectivity index (χ2v) is 3.31. The van der Waals surface area contributed by atoms with Gasteiger partial charge in [-0.3, -0.25) is 0 Å². The number of hydrogen-bond donors (Lipinski definition) is 1. The van der Waals surface area contributed by atoms with Crippen LogP contribution < -0.4 is 10.5 Å². The fourth-order valence-electron chi connectivity index (χ4n) is 0.791. The highest BCUT2D eigenvalue weighted by Crippen LogP contribution is 2.05. The van der Waals surface area contributed by atoms with Crippen molar-refractivity contribution in [1.82, 2.24) is 4.98 Å². The molecule has 0 spiro atoms. The van der Waals surface area contributed by atoms with Crippen LogP contribution >= 0.6 is 11.3 Å². The highest BCUT2D eigenvalue weighted by atomic mass is 32.1. The first-order valence-corrected chi connectivity index (χ1v) is 4.95. The SMILES string of the molecule is COc1ccccc1.Nc1nccs1. The molecule has 0 atom stereocenters. The van der Waals surface area contributed by atoms with Gasteiger partial charge in [0.1, 0.15) is 5.75 Å². The van der Waals surface area contributed by atoms with Crippen LogP contribution in [-0.2, 0) is 0 Å². The Kier molecular flexibility index (Phi) is 4.50. The largest absolute Gasteiger partial charge is 0.497 e. The summed E-state index contributed by atoms with van der Waals surface area (Å²) < 4.78 is 4.91. The average molecular weight is 208 g/mol. The van der Waals surface area contributed by atoms with E-state index in [9.17, 15) is 0 Å². The molecule has 1 aromatic heterocycles. The predicted octanol–water partition coefficient (Wildman–Crippen LogP) is 2.42. The Bertz CT molecular complexity index is 334. The molecule has 0 aliphatic heterocycles. The second-order valence-electron chi connectivity index (χ2n) is 2.39. The standard InChI is InChI=1S/C7H8O.C3H4N2S/c1-8-7-5-3-2-4-6-7;4-3-5-1-2-6-3/h2-6H,1H3;1-2H,(H2,4,5). The molecule has 0 saturated carbocycles. The zero-order valence-electron chi connectivity index (χ0n) is 7.88. The first kappa shape index (κ1) is 10.5. The van der Waals surface area contributed by atoms with E-state index < -0.39 is 0 Å². The number of rotatable bonds is 1. The Morgan fingerprint density at radius 2 is 2.00 bits per heavy atom. The minimum Gasteiger partial charge on any atom is -0.497 e. The lowest BCUT2D eigenvalue weighted by Gasteiger charge is -1.93. The summed E-state index contributed by atoms with van der Waals surface area (Å²) in [5, 5.41) is 2.48. The molecule has 74 valence electrons. The first-order chi connectivity index (χ1) is 6.83. The fourth-order valence-corrected chi connectivity index (χ4v) is 1.17. The van der Waals surface area contributed by atoms with Crippen molar-refractivity contribution in [2.75, 3.05) is 12.8 Å². The van der Waals surface area contributed by atoms with E-state index >= 15 is 0 Å². The van der Waals surface area contributed by atoms with Crippen molar-refractivity contribution < 1.29 is 4.74 Å². The number of nitrogens with zero attached hydrogens (tertiary/aromatic N) is 1. The van der Waals surface area contributed by atoms with Gasteiger partial charge in [0, 0.05) is 11.6 Å². The Morgan fingerprint density at radius 1 is 1.29 bits per heavy atom. The van der Waals surface area contributed by atoms with Crippen LogP contribution in [0.1, 0.15) is 0 Å². The number of methoxy groups -OCH3 is 1. The number of benzene rings is 1. The van der Waals surface area contributed by atoms with E-state index in [-0.39, 0.29) is 0 Å². The molecule has 1 aromatic carbocycles. The highest BCUT2D eigenvalue weighted by molar-refractivity contribution is 7.13. The van der Waals surface area contributed by atoms with Crippen LogP contribution in [0.3, 0.4) is 0 Å². The molecule has 0 saturated heterocycles. The molecule has 3 nitrogen and oxygen atoms in total. The molecule has 4 heteroatoms. The molecule has 0 amide bonds. The van der Waals surface area contributed by atoms with Gasteiger partial charge in [-0.2, -0.15) is 0 Å². The van der Waals surface area contributed by atoms with Gasteiger partial charge in [-0.15, -0.1) is 11.3 Å². The maximum absolute atomic E-state index is 5.19. The smallest absolute Gasteiger partial charge is 0.179 e. The fraction of sp³-hybridized carbons (Fsp3) is 0.100. The first-order valence-electron chi connectivity index (χ1n) is 4.07. The molecular weight excluding hydrogens is 196 g/mol. The third-order valence-corrected chi connectivity index (χ3v) is 2.04. The zero-order chi connectivity index (χ0) is 10.2. The van der Waals surface area contributed by atoms with Gasteiger partial charge >= 0.3 is 0 Å². The van der Waals surface area contributed by atoms with Gasteiger partial charge in [0.2, 0.25) is 0 Å². The van der Waals surface area contributed by atoms with Crippen molar-refractivity contribution >= 4 is 16.5 Å². The van der Waals surface area contributed by atoms with Crippen molar-refractivity contribution in [2.45, 2.75) is 0 Å². The third-order valence-electron chi connectivity index (χ3n) is 1.43. The van der Waals surface area contributed by atoms with Gasteiger partial charge in [-0.05, 0) is 12.1 Å². The predicted molar refractivity (Wildman–Crippen MR) is 59.5 cm³/mol. The van der Waals surface area contributed by atoms with Gasteiger partial charge in [0.25, 0.3) is 0 Å².